The molecule has 0 fully saturated rings. The molecular formula is C14H24N2S. The van der Waals surface area contributed by atoms with Crippen LogP contribution in [-0.4, -0.2) is 25.1 Å². The molecule has 0 aromatic heterocycles. The minimum absolute atomic E-state index is 0.551. The molecule has 3 heteroatoms. The predicted molar refractivity (Wildman–Crippen MR) is 79.9 cm³/mol. The largest absolute Gasteiger partial charge is 0.372 e. The van der Waals surface area contributed by atoms with E-state index in [4.69, 9.17) is 5.73 Å². The molecule has 1 aromatic carbocycles. The first kappa shape index (κ1) is 14.4. The zero-order valence-electron chi connectivity index (χ0n) is 11.4. The summed E-state index contributed by atoms with van der Waals surface area (Å²) in [6, 6.07) is 7.09. The predicted octanol–water partition coefficient (Wildman–Crippen LogP) is 3.03. The smallest absolute Gasteiger partial charge is 0.0411 e. The molecule has 1 rings (SSSR count). The molecule has 96 valence electrons. The molecule has 0 amide bonds. The molecule has 0 aliphatic heterocycles. The number of benzene rings is 1. The summed E-state index contributed by atoms with van der Waals surface area (Å²) in [6.07, 6.45) is 3.36. The van der Waals surface area contributed by atoms with Gasteiger partial charge in [0.25, 0.3) is 0 Å². The van der Waals surface area contributed by atoms with Crippen LogP contribution in [0.25, 0.3) is 0 Å². The third-order valence-electron chi connectivity index (χ3n) is 3.24. The summed E-state index contributed by atoms with van der Waals surface area (Å²) in [5.41, 5.74) is 9.61. The zero-order valence-corrected chi connectivity index (χ0v) is 12.2. The van der Waals surface area contributed by atoms with Gasteiger partial charge < -0.3 is 10.6 Å². The molecule has 1 unspecified atom stereocenters. The average molecular weight is 252 g/mol. The molecule has 2 N–H and O–H groups in total. The van der Waals surface area contributed by atoms with E-state index in [-0.39, 0.29) is 0 Å². The summed E-state index contributed by atoms with van der Waals surface area (Å²) in [7, 11) is 2.16. The van der Waals surface area contributed by atoms with Crippen LogP contribution in [0.5, 0.6) is 0 Å². The van der Waals surface area contributed by atoms with Crippen molar-refractivity contribution < 1.29 is 0 Å². The standard InChI is InChI=1S/C14H24N2S/c1-11-5-6-14(13(9-11)10-15)16(3)12(2)7-8-17-4/h5-6,9,12H,7-8,10,15H2,1-4H3. The Morgan fingerprint density at radius 2 is 2.12 bits per heavy atom. The topological polar surface area (TPSA) is 29.3 Å². The van der Waals surface area contributed by atoms with Crippen LogP contribution in [0, 0.1) is 6.92 Å². The maximum Gasteiger partial charge on any atom is 0.0411 e. The third-order valence-corrected chi connectivity index (χ3v) is 3.88. The van der Waals surface area contributed by atoms with Gasteiger partial charge in [-0.3, -0.25) is 0 Å². The number of hydrogen-bond donors (Lipinski definition) is 1. The Hall–Kier alpha value is -0.670. The van der Waals surface area contributed by atoms with Crippen molar-refractivity contribution in [3.8, 4) is 0 Å². The summed E-state index contributed by atoms with van der Waals surface area (Å²) in [5, 5.41) is 0. The number of nitrogens with two attached hydrogens (primary N) is 1. The monoisotopic (exact) mass is 252 g/mol. The molecular weight excluding hydrogens is 228 g/mol. The van der Waals surface area contributed by atoms with Gasteiger partial charge in [0.15, 0.2) is 0 Å². The van der Waals surface area contributed by atoms with Crippen molar-refractivity contribution in [1.29, 1.82) is 0 Å². The lowest BCUT2D eigenvalue weighted by Crippen LogP contribution is -2.30. The SMILES string of the molecule is CSCCC(C)N(C)c1ccc(C)cc1CN. The minimum Gasteiger partial charge on any atom is -0.372 e. The van der Waals surface area contributed by atoms with Crippen LogP contribution in [0.3, 0.4) is 0 Å². The van der Waals surface area contributed by atoms with Crippen molar-refractivity contribution in [1.82, 2.24) is 0 Å². The Morgan fingerprint density at radius 1 is 1.41 bits per heavy atom. The number of nitrogens with zero attached hydrogens (tertiary/aromatic N) is 1. The van der Waals surface area contributed by atoms with E-state index in [1.807, 2.05) is 11.8 Å². The summed E-state index contributed by atoms with van der Waals surface area (Å²) in [5.74, 6) is 1.20. The molecule has 1 atom stereocenters. The van der Waals surface area contributed by atoms with Crippen LogP contribution < -0.4 is 10.6 Å². The van der Waals surface area contributed by atoms with E-state index in [0.717, 1.165) is 0 Å². The van der Waals surface area contributed by atoms with E-state index in [9.17, 15) is 0 Å². The van der Waals surface area contributed by atoms with Crippen LogP contribution in [0.1, 0.15) is 24.5 Å². The molecule has 0 bridgehead atoms. The molecule has 0 heterocycles. The van der Waals surface area contributed by atoms with Crippen LogP contribution in [0.4, 0.5) is 5.69 Å². The number of anilines is 1. The van der Waals surface area contributed by atoms with Gasteiger partial charge in [-0.15, -0.1) is 0 Å². The minimum atomic E-state index is 0.551. The van der Waals surface area contributed by atoms with E-state index >= 15 is 0 Å². The van der Waals surface area contributed by atoms with Crippen LogP contribution in [-0.2, 0) is 6.54 Å². The maximum absolute atomic E-state index is 5.83. The van der Waals surface area contributed by atoms with Crippen LogP contribution in [0.15, 0.2) is 18.2 Å². The molecule has 0 aliphatic rings. The third kappa shape index (κ3) is 3.93. The zero-order chi connectivity index (χ0) is 12.8. The normalized spacial score (nSPS) is 12.5. The highest BCUT2D eigenvalue weighted by Crippen LogP contribution is 2.23. The van der Waals surface area contributed by atoms with Gasteiger partial charge in [-0.25, -0.2) is 0 Å². The Balaban J connectivity index is 2.83. The lowest BCUT2D eigenvalue weighted by atomic mass is 10.1. The molecule has 0 spiro atoms. The Morgan fingerprint density at radius 3 is 2.71 bits per heavy atom. The number of hydrogen-bond acceptors (Lipinski definition) is 3. The first-order chi connectivity index (χ1) is 8.10. The molecule has 1 aromatic rings. The summed E-state index contributed by atoms with van der Waals surface area (Å²) >= 11 is 1.90. The van der Waals surface area contributed by atoms with Gasteiger partial charge in [0, 0.05) is 25.3 Å². The van der Waals surface area contributed by atoms with Gasteiger partial charge in [0.2, 0.25) is 0 Å². The summed E-state index contributed by atoms with van der Waals surface area (Å²) in [6.45, 7) is 4.99. The fraction of sp³-hybridized carbons (Fsp3) is 0.571. The molecule has 17 heavy (non-hydrogen) atoms. The first-order valence-electron chi connectivity index (χ1n) is 6.11. The number of rotatable bonds is 6. The Labute approximate surface area is 110 Å². The molecule has 0 saturated heterocycles. The summed E-state index contributed by atoms with van der Waals surface area (Å²) < 4.78 is 0. The maximum atomic E-state index is 5.83. The van der Waals surface area contributed by atoms with E-state index < -0.39 is 0 Å². The second-order valence-corrected chi connectivity index (χ2v) is 5.56. The molecule has 0 aliphatic carbocycles. The van der Waals surface area contributed by atoms with Crippen molar-refractivity contribution in [2.24, 2.45) is 5.73 Å². The Bertz CT molecular complexity index is 352. The van der Waals surface area contributed by atoms with Gasteiger partial charge in [-0.1, -0.05) is 17.7 Å². The number of thioether (sulfide) groups is 1. The lowest BCUT2D eigenvalue weighted by Gasteiger charge is -2.29. The van der Waals surface area contributed by atoms with E-state index in [0.29, 0.717) is 12.6 Å². The Kier molecular flexibility index (Phi) is 5.86. The van der Waals surface area contributed by atoms with Crippen molar-refractivity contribution in [3.63, 3.8) is 0 Å². The second kappa shape index (κ2) is 6.92. The quantitative estimate of drug-likeness (QED) is 0.844. The molecule has 2 nitrogen and oxygen atoms in total. The van der Waals surface area contributed by atoms with Gasteiger partial charge in [0.05, 0.1) is 0 Å². The van der Waals surface area contributed by atoms with Crippen molar-refractivity contribution in [3.05, 3.63) is 29.3 Å². The highest BCUT2D eigenvalue weighted by atomic mass is 32.2. The summed E-state index contributed by atoms with van der Waals surface area (Å²) in [4.78, 5) is 2.35. The van der Waals surface area contributed by atoms with Crippen molar-refractivity contribution in [2.75, 3.05) is 24.0 Å². The fourth-order valence-corrected chi connectivity index (χ4v) is 2.52. The lowest BCUT2D eigenvalue weighted by molar-refractivity contribution is 0.666. The van der Waals surface area contributed by atoms with E-state index in [1.54, 1.807) is 0 Å². The highest BCUT2D eigenvalue weighted by molar-refractivity contribution is 7.98. The van der Waals surface area contributed by atoms with Crippen molar-refractivity contribution >= 4 is 17.4 Å². The van der Waals surface area contributed by atoms with Gasteiger partial charge in [-0.2, -0.15) is 11.8 Å². The van der Waals surface area contributed by atoms with Gasteiger partial charge in [-0.05, 0) is 43.9 Å². The fourth-order valence-electron chi connectivity index (χ4n) is 1.94. The van der Waals surface area contributed by atoms with Crippen LogP contribution >= 0.6 is 11.8 Å². The van der Waals surface area contributed by atoms with Crippen molar-refractivity contribution in [2.45, 2.75) is 32.9 Å². The number of aryl methyl sites for hydroxylation is 1. The van der Waals surface area contributed by atoms with Crippen LogP contribution in [0.2, 0.25) is 0 Å². The molecule has 0 saturated carbocycles. The highest BCUT2D eigenvalue weighted by Gasteiger charge is 2.12. The first-order valence-corrected chi connectivity index (χ1v) is 7.51. The van der Waals surface area contributed by atoms with E-state index in [1.165, 1.54) is 29.0 Å². The van der Waals surface area contributed by atoms with Gasteiger partial charge in [0.1, 0.15) is 0 Å². The second-order valence-electron chi connectivity index (χ2n) is 4.58. The molecule has 0 radical (unpaired) electrons. The average Bonchev–Trinajstić information content (AvgIpc) is 2.34. The van der Waals surface area contributed by atoms with E-state index in [2.05, 4.69) is 50.2 Å². The van der Waals surface area contributed by atoms with Gasteiger partial charge >= 0.3 is 0 Å².